The minimum atomic E-state index is -1.22. The van der Waals surface area contributed by atoms with E-state index in [-0.39, 0.29) is 31.6 Å². The van der Waals surface area contributed by atoms with Gasteiger partial charge < -0.3 is 24.3 Å². The first-order valence-corrected chi connectivity index (χ1v) is 12.2. The molecular formula is C28H31N3O5. The Morgan fingerprint density at radius 1 is 1.06 bits per heavy atom. The number of likely N-dealkylation sites (N-methyl/N-ethyl adjacent to an activating group) is 1. The van der Waals surface area contributed by atoms with Gasteiger partial charge >= 0.3 is 0 Å². The Hall–Kier alpha value is -3.27. The van der Waals surface area contributed by atoms with Crippen LogP contribution in [0.1, 0.15) is 55.9 Å². The second-order valence-electron chi connectivity index (χ2n) is 9.62. The molecule has 1 aliphatic carbocycles. The molecule has 2 aliphatic rings. The lowest BCUT2D eigenvalue weighted by molar-refractivity contribution is -0.183. The van der Waals surface area contributed by atoms with Crippen molar-refractivity contribution < 1.29 is 23.7 Å². The first-order chi connectivity index (χ1) is 17.3. The van der Waals surface area contributed by atoms with Gasteiger partial charge in [0, 0.05) is 19.4 Å². The van der Waals surface area contributed by atoms with Crippen LogP contribution in [-0.4, -0.2) is 42.2 Å². The Balaban J connectivity index is 1.60. The van der Waals surface area contributed by atoms with Crippen LogP contribution in [0.15, 0.2) is 48.5 Å². The van der Waals surface area contributed by atoms with Crippen LogP contribution in [0.5, 0.6) is 0 Å². The molecule has 0 aromatic heterocycles. The van der Waals surface area contributed by atoms with Crippen LogP contribution < -0.4 is 5.32 Å². The van der Waals surface area contributed by atoms with Gasteiger partial charge in [-0.1, -0.05) is 30.3 Å². The average molecular weight is 490 g/mol. The summed E-state index contributed by atoms with van der Waals surface area (Å²) in [6.45, 7) is 6.39. The van der Waals surface area contributed by atoms with Gasteiger partial charge in [-0.2, -0.15) is 10.5 Å². The van der Waals surface area contributed by atoms with Gasteiger partial charge in [0.1, 0.15) is 6.10 Å². The lowest BCUT2D eigenvalue weighted by atomic mass is 9.78. The molecular weight excluding hydrogens is 458 g/mol. The molecule has 4 rings (SSSR count). The number of amides is 1. The van der Waals surface area contributed by atoms with Crippen LogP contribution in [0.2, 0.25) is 0 Å². The molecule has 2 aromatic rings. The van der Waals surface area contributed by atoms with Crippen LogP contribution >= 0.6 is 0 Å². The van der Waals surface area contributed by atoms with Gasteiger partial charge in [0.05, 0.1) is 48.7 Å². The van der Waals surface area contributed by atoms with Crippen LogP contribution in [-0.2, 0) is 37.0 Å². The molecule has 1 aliphatic heterocycles. The normalized spacial score (nSPS) is 26.4. The van der Waals surface area contributed by atoms with Gasteiger partial charge in [-0.3, -0.25) is 4.79 Å². The molecule has 1 amide bonds. The first-order valence-electron chi connectivity index (χ1n) is 12.2. The molecule has 36 heavy (non-hydrogen) atoms. The number of nitriles is 2. The SMILES string of the molecule is CCNC(=O)[C@@]1(OCc2ccccc2C#N)C[C@H](OCc2ccc(C#N)cc2)[C@@H]2OC(C)(C)O[C@@H]2C1. The molecule has 4 atom stereocenters. The van der Waals surface area contributed by atoms with Crippen LogP contribution in [0, 0.1) is 22.7 Å². The summed E-state index contributed by atoms with van der Waals surface area (Å²) in [7, 11) is 0. The fourth-order valence-electron chi connectivity index (χ4n) is 4.88. The van der Waals surface area contributed by atoms with Crippen molar-refractivity contribution in [1.29, 1.82) is 10.5 Å². The van der Waals surface area contributed by atoms with Crippen molar-refractivity contribution in [1.82, 2.24) is 5.32 Å². The number of nitrogens with one attached hydrogen (secondary N) is 1. The zero-order valence-corrected chi connectivity index (χ0v) is 20.8. The topological polar surface area (TPSA) is 114 Å². The quantitative estimate of drug-likeness (QED) is 0.601. The van der Waals surface area contributed by atoms with Gasteiger partial charge in [0.15, 0.2) is 11.4 Å². The third-order valence-corrected chi connectivity index (χ3v) is 6.59. The number of ether oxygens (including phenoxy) is 4. The Kier molecular flexibility index (Phi) is 7.73. The summed E-state index contributed by atoms with van der Waals surface area (Å²) in [6, 6.07) is 18.7. The molecule has 2 fully saturated rings. The van der Waals surface area contributed by atoms with Crippen molar-refractivity contribution in [3.8, 4) is 12.1 Å². The van der Waals surface area contributed by atoms with Crippen molar-refractivity contribution >= 4 is 5.91 Å². The highest BCUT2D eigenvalue weighted by molar-refractivity contribution is 5.85. The predicted octanol–water partition coefficient (Wildman–Crippen LogP) is 3.72. The molecule has 1 heterocycles. The summed E-state index contributed by atoms with van der Waals surface area (Å²) < 4.78 is 25.1. The highest BCUT2D eigenvalue weighted by Crippen LogP contribution is 2.44. The van der Waals surface area contributed by atoms with Gasteiger partial charge in [0.25, 0.3) is 5.91 Å². The fraction of sp³-hybridized carbons (Fsp3) is 0.464. The summed E-state index contributed by atoms with van der Waals surface area (Å²) in [4.78, 5) is 13.5. The van der Waals surface area contributed by atoms with Crippen molar-refractivity contribution in [3.05, 3.63) is 70.8 Å². The molecule has 8 heteroatoms. The molecule has 2 aromatic carbocycles. The van der Waals surface area contributed by atoms with Crippen molar-refractivity contribution in [2.45, 2.75) is 76.5 Å². The van der Waals surface area contributed by atoms with E-state index in [0.29, 0.717) is 29.7 Å². The molecule has 0 radical (unpaired) electrons. The smallest absolute Gasteiger partial charge is 0.252 e. The third-order valence-electron chi connectivity index (χ3n) is 6.59. The molecule has 1 N–H and O–H groups in total. The number of hydrogen-bond donors (Lipinski definition) is 1. The van der Waals surface area contributed by atoms with E-state index in [4.69, 9.17) is 24.2 Å². The van der Waals surface area contributed by atoms with Crippen molar-refractivity contribution in [2.75, 3.05) is 6.54 Å². The Morgan fingerprint density at radius 2 is 1.81 bits per heavy atom. The van der Waals surface area contributed by atoms with Crippen LogP contribution in [0.3, 0.4) is 0 Å². The number of nitrogens with zero attached hydrogens (tertiary/aromatic N) is 2. The highest BCUT2D eigenvalue weighted by Gasteiger charge is 2.58. The lowest BCUT2D eigenvalue weighted by Crippen LogP contribution is -2.60. The molecule has 188 valence electrons. The molecule has 0 bridgehead atoms. The Bertz CT molecular complexity index is 1170. The zero-order chi connectivity index (χ0) is 25.8. The molecule has 0 unspecified atom stereocenters. The number of carbonyl (C=O) groups excluding carboxylic acids is 1. The van der Waals surface area contributed by atoms with Gasteiger partial charge in [-0.05, 0) is 50.1 Å². The standard InChI is InChI=1S/C28H31N3O5/c1-4-31-26(32)28(34-18-22-8-6-5-7-21(22)16-30)13-23(25-24(14-28)35-27(2,3)36-25)33-17-20-11-9-19(15-29)10-12-20/h5-12,23-25H,4,13-14,17-18H2,1-3H3,(H,31,32)/t23-,24+,25-,28+/m0/s1. The van der Waals surface area contributed by atoms with E-state index < -0.39 is 23.6 Å². The van der Waals surface area contributed by atoms with E-state index in [1.807, 2.05) is 45.0 Å². The number of hydrogen-bond acceptors (Lipinski definition) is 7. The largest absolute Gasteiger partial charge is 0.371 e. The van der Waals surface area contributed by atoms with Gasteiger partial charge in [-0.15, -0.1) is 0 Å². The predicted molar refractivity (Wildman–Crippen MR) is 130 cm³/mol. The summed E-state index contributed by atoms with van der Waals surface area (Å²) in [5.41, 5.74) is 1.48. The minimum absolute atomic E-state index is 0.102. The molecule has 1 saturated heterocycles. The molecule has 0 spiro atoms. The summed E-state index contributed by atoms with van der Waals surface area (Å²) >= 11 is 0. The van der Waals surface area contributed by atoms with E-state index in [9.17, 15) is 10.1 Å². The van der Waals surface area contributed by atoms with E-state index >= 15 is 0 Å². The van der Waals surface area contributed by atoms with Gasteiger partial charge in [-0.25, -0.2) is 0 Å². The first kappa shape index (κ1) is 25.8. The maximum absolute atomic E-state index is 13.5. The van der Waals surface area contributed by atoms with Crippen molar-refractivity contribution in [2.24, 2.45) is 0 Å². The second kappa shape index (κ2) is 10.8. The molecule has 1 saturated carbocycles. The van der Waals surface area contributed by atoms with Crippen LogP contribution in [0.4, 0.5) is 0 Å². The second-order valence-corrected chi connectivity index (χ2v) is 9.62. The third kappa shape index (κ3) is 5.59. The van der Waals surface area contributed by atoms with E-state index in [1.54, 1.807) is 24.3 Å². The average Bonchev–Trinajstić information content (AvgIpc) is 3.20. The number of rotatable bonds is 8. The fourth-order valence-corrected chi connectivity index (χ4v) is 4.88. The van der Waals surface area contributed by atoms with Crippen LogP contribution in [0.25, 0.3) is 0 Å². The van der Waals surface area contributed by atoms with E-state index in [2.05, 4.69) is 17.5 Å². The number of carbonyl (C=O) groups is 1. The van der Waals surface area contributed by atoms with E-state index in [1.165, 1.54) is 0 Å². The Morgan fingerprint density at radius 3 is 2.50 bits per heavy atom. The van der Waals surface area contributed by atoms with E-state index in [0.717, 1.165) is 5.56 Å². The summed E-state index contributed by atoms with van der Waals surface area (Å²) in [6.07, 6.45) is -0.678. The Labute approximate surface area is 211 Å². The maximum Gasteiger partial charge on any atom is 0.252 e. The summed E-state index contributed by atoms with van der Waals surface area (Å²) in [5.74, 6) is -1.06. The number of benzene rings is 2. The lowest BCUT2D eigenvalue weighted by Gasteiger charge is -2.43. The molecule has 8 nitrogen and oxygen atoms in total. The minimum Gasteiger partial charge on any atom is -0.371 e. The summed E-state index contributed by atoms with van der Waals surface area (Å²) in [5, 5.41) is 21.5. The van der Waals surface area contributed by atoms with Crippen molar-refractivity contribution in [3.63, 3.8) is 0 Å². The zero-order valence-electron chi connectivity index (χ0n) is 20.8. The number of fused-ring (bicyclic) bond motifs is 1. The monoisotopic (exact) mass is 489 g/mol. The highest BCUT2D eigenvalue weighted by atomic mass is 16.8. The van der Waals surface area contributed by atoms with Gasteiger partial charge in [0.2, 0.25) is 0 Å². The maximum atomic E-state index is 13.5.